The molecule has 0 heterocycles. The quantitative estimate of drug-likeness (QED) is 0.810. The Morgan fingerprint density at radius 3 is 2.57 bits per heavy atom. The van der Waals surface area contributed by atoms with Crippen LogP contribution in [0.4, 0.5) is 8.78 Å². The second kappa shape index (κ2) is 6.37. The molecule has 1 atom stereocenters. The fourth-order valence-corrected chi connectivity index (χ4v) is 3.74. The van der Waals surface area contributed by atoms with Gasteiger partial charge in [-0.1, -0.05) is 12.8 Å². The number of benzene rings is 1. The molecule has 0 spiro atoms. The number of hydrogen-bond donors (Lipinski definition) is 2. The predicted octanol–water partition coefficient (Wildman–Crippen LogP) is 2.15. The number of halogens is 2. The van der Waals surface area contributed by atoms with Crippen LogP contribution in [-0.4, -0.2) is 21.5 Å². The second-order valence-electron chi connectivity index (χ2n) is 5.62. The number of hydrogen-bond acceptors (Lipinski definition) is 3. The number of nitrogens with one attached hydrogen (secondary N) is 2. The van der Waals surface area contributed by atoms with Crippen molar-refractivity contribution in [3.05, 3.63) is 29.3 Å². The van der Waals surface area contributed by atoms with Gasteiger partial charge in [0.1, 0.15) is 4.90 Å². The maximum atomic E-state index is 13.8. The van der Waals surface area contributed by atoms with E-state index in [0.29, 0.717) is 11.5 Å². The van der Waals surface area contributed by atoms with Gasteiger partial charge in [-0.2, -0.15) is 0 Å². The molecule has 0 aliphatic heterocycles. The van der Waals surface area contributed by atoms with E-state index >= 15 is 0 Å². The normalized spacial score (nSPS) is 17.0. The molecule has 0 radical (unpaired) electrons. The average Bonchev–Trinajstić information content (AvgIpc) is 3.16. The van der Waals surface area contributed by atoms with Crippen molar-refractivity contribution in [3.63, 3.8) is 0 Å². The molecule has 1 unspecified atom stereocenters. The Kier molecular flexibility index (Phi) is 4.95. The molecule has 1 aliphatic carbocycles. The third-order valence-corrected chi connectivity index (χ3v) is 5.05. The van der Waals surface area contributed by atoms with Crippen molar-refractivity contribution >= 4 is 10.0 Å². The van der Waals surface area contributed by atoms with Crippen LogP contribution >= 0.6 is 0 Å². The summed E-state index contributed by atoms with van der Waals surface area (Å²) in [7, 11) is -2.42. The van der Waals surface area contributed by atoms with Gasteiger partial charge in [0.2, 0.25) is 10.0 Å². The van der Waals surface area contributed by atoms with Crippen LogP contribution in [0.5, 0.6) is 0 Å². The molecule has 0 aromatic heterocycles. The smallest absolute Gasteiger partial charge is 0.243 e. The van der Waals surface area contributed by atoms with E-state index in [0.717, 1.165) is 25.3 Å². The maximum Gasteiger partial charge on any atom is 0.243 e. The highest BCUT2D eigenvalue weighted by Gasteiger charge is 2.28. The zero-order valence-electron chi connectivity index (χ0n) is 12.1. The summed E-state index contributed by atoms with van der Waals surface area (Å²) in [5.74, 6) is -1.95. The summed E-state index contributed by atoms with van der Waals surface area (Å²) in [6.45, 7) is 2.00. The highest BCUT2D eigenvalue weighted by molar-refractivity contribution is 7.89. The fraction of sp³-hybridized carbons (Fsp3) is 0.571. The third kappa shape index (κ3) is 4.21. The molecule has 0 amide bonds. The molecule has 1 saturated carbocycles. The van der Waals surface area contributed by atoms with E-state index in [1.807, 2.05) is 0 Å². The van der Waals surface area contributed by atoms with E-state index in [1.54, 1.807) is 14.0 Å². The van der Waals surface area contributed by atoms with Crippen LogP contribution in [0.3, 0.4) is 0 Å². The maximum absolute atomic E-state index is 13.8. The Balaban J connectivity index is 2.24. The van der Waals surface area contributed by atoms with Crippen molar-refractivity contribution in [2.75, 3.05) is 7.05 Å². The largest absolute Gasteiger partial charge is 0.316 e. The van der Waals surface area contributed by atoms with Crippen LogP contribution in [0.1, 0.15) is 31.7 Å². The zero-order valence-corrected chi connectivity index (χ0v) is 12.9. The van der Waals surface area contributed by atoms with Crippen LogP contribution < -0.4 is 10.0 Å². The summed E-state index contributed by atoms with van der Waals surface area (Å²) < 4.78 is 54.3. The minimum Gasteiger partial charge on any atom is -0.316 e. The highest BCUT2D eigenvalue weighted by atomic mass is 32.2. The van der Waals surface area contributed by atoms with E-state index in [9.17, 15) is 17.2 Å². The lowest BCUT2D eigenvalue weighted by Gasteiger charge is -2.15. The Bertz CT molecular complexity index is 616. The third-order valence-electron chi connectivity index (χ3n) is 3.47. The van der Waals surface area contributed by atoms with Gasteiger partial charge in [0, 0.05) is 12.6 Å². The molecule has 0 saturated heterocycles. The molecule has 1 aliphatic rings. The van der Waals surface area contributed by atoms with Crippen molar-refractivity contribution in [3.8, 4) is 0 Å². The van der Waals surface area contributed by atoms with Crippen molar-refractivity contribution in [1.29, 1.82) is 0 Å². The molecular weight excluding hydrogens is 298 g/mol. The first-order chi connectivity index (χ1) is 9.83. The SMILES string of the molecule is CNCc1cc(F)c(F)c(S(=O)(=O)NC(C)CC2CC2)c1. The van der Waals surface area contributed by atoms with Gasteiger partial charge in [0.05, 0.1) is 0 Å². The van der Waals surface area contributed by atoms with Gasteiger partial charge < -0.3 is 5.32 Å². The van der Waals surface area contributed by atoms with E-state index in [2.05, 4.69) is 10.0 Å². The van der Waals surface area contributed by atoms with Crippen LogP contribution in [0.15, 0.2) is 17.0 Å². The van der Waals surface area contributed by atoms with Crippen LogP contribution in [0.2, 0.25) is 0 Å². The Morgan fingerprint density at radius 1 is 1.33 bits per heavy atom. The molecule has 118 valence electrons. The van der Waals surface area contributed by atoms with E-state index in [4.69, 9.17) is 0 Å². The lowest BCUT2D eigenvalue weighted by Crippen LogP contribution is -2.33. The fourth-order valence-electron chi connectivity index (χ4n) is 2.35. The molecule has 21 heavy (non-hydrogen) atoms. The summed E-state index contributed by atoms with van der Waals surface area (Å²) in [6.07, 6.45) is 2.93. The van der Waals surface area contributed by atoms with Crippen LogP contribution in [0, 0.1) is 17.6 Å². The monoisotopic (exact) mass is 318 g/mol. The first-order valence-corrected chi connectivity index (χ1v) is 8.46. The summed E-state index contributed by atoms with van der Waals surface area (Å²) in [6, 6.07) is 1.87. The predicted molar refractivity (Wildman–Crippen MR) is 76.2 cm³/mol. The van der Waals surface area contributed by atoms with Gasteiger partial charge in [-0.3, -0.25) is 0 Å². The summed E-state index contributed by atoms with van der Waals surface area (Å²) in [4.78, 5) is -0.629. The number of rotatable bonds is 7. The van der Waals surface area contributed by atoms with Crippen LogP contribution in [0.25, 0.3) is 0 Å². The lowest BCUT2D eigenvalue weighted by atomic mass is 10.2. The van der Waals surface area contributed by atoms with Gasteiger partial charge in [0.25, 0.3) is 0 Å². The number of sulfonamides is 1. The second-order valence-corrected chi connectivity index (χ2v) is 7.30. The molecule has 4 nitrogen and oxygen atoms in total. The first-order valence-electron chi connectivity index (χ1n) is 6.98. The molecule has 1 fully saturated rings. The zero-order chi connectivity index (χ0) is 15.6. The van der Waals surface area contributed by atoms with Gasteiger partial charge in [0.15, 0.2) is 11.6 Å². The molecule has 1 aromatic rings. The van der Waals surface area contributed by atoms with Gasteiger partial charge in [-0.05, 0) is 44.0 Å². The van der Waals surface area contributed by atoms with Crippen molar-refractivity contribution < 1.29 is 17.2 Å². The molecule has 2 rings (SSSR count). The van der Waals surface area contributed by atoms with Gasteiger partial charge >= 0.3 is 0 Å². The van der Waals surface area contributed by atoms with Crippen molar-refractivity contribution in [2.24, 2.45) is 5.92 Å². The molecule has 7 heteroatoms. The molecule has 1 aromatic carbocycles. The summed E-state index contributed by atoms with van der Waals surface area (Å²) in [5.41, 5.74) is 0.381. The van der Waals surface area contributed by atoms with E-state index in [1.165, 1.54) is 6.07 Å². The Morgan fingerprint density at radius 2 is 2.00 bits per heavy atom. The van der Waals surface area contributed by atoms with E-state index in [-0.39, 0.29) is 12.6 Å². The average molecular weight is 318 g/mol. The summed E-state index contributed by atoms with van der Waals surface area (Å²) in [5, 5.41) is 2.78. The minimum absolute atomic E-state index is 0.261. The molecular formula is C14H20F2N2O2S. The minimum atomic E-state index is -4.06. The highest BCUT2D eigenvalue weighted by Crippen LogP contribution is 2.33. The van der Waals surface area contributed by atoms with Crippen molar-refractivity contribution in [1.82, 2.24) is 10.0 Å². The van der Waals surface area contributed by atoms with Crippen molar-refractivity contribution in [2.45, 2.75) is 43.7 Å². The topological polar surface area (TPSA) is 58.2 Å². The standard InChI is InChI=1S/C14H20F2N2O2S/c1-9(5-10-3-4-10)18-21(19,20)13-7-11(8-17-2)6-12(15)14(13)16/h6-7,9-10,17-18H,3-5,8H2,1-2H3. The van der Waals surface area contributed by atoms with E-state index < -0.39 is 26.6 Å². The molecule has 2 N–H and O–H groups in total. The Hall–Kier alpha value is -1.05. The lowest BCUT2D eigenvalue weighted by molar-refractivity contribution is 0.476. The summed E-state index contributed by atoms with van der Waals surface area (Å²) >= 11 is 0. The van der Waals surface area contributed by atoms with Gasteiger partial charge in [-0.25, -0.2) is 21.9 Å². The molecule has 0 bridgehead atoms. The first kappa shape index (κ1) is 16.3. The Labute approximate surface area is 124 Å². The van der Waals surface area contributed by atoms with Crippen LogP contribution in [-0.2, 0) is 16.6 Å². The van der Waals surface area contributed by atoms with Gasteiger partial charge in [-0.15, -0.1) is 0 Å².